The number of aromatic nitrogens is 1. The number of carboxylic acids is 1. The lowest BCUT2D eigenvalue weighted by atomic mass is 10.3. The van der Waals surface area contributed by atoms with E-state index >= 15 is 0 Å². The van der Waals surface area contributed by atoms with Gasteiger partial charge in [0.05, 0.1) is 11.4 Å². The molecule has 0 atom stereocenters. The van der Waals surface area contributed by atoms with Crippen LogP contribution in [0, 0.1) is 13.8 Å². The molecule has 106 valence electrons. The fraction of sp³-hybridized carbons (Fsp3) is 0.167. The third kappa shape index (κ3) is 2.66. The number of rotatable bonds is 4. The van der Waals surface area contributed by atoms with Crippen LogP contribution in [0.25, 0.3) is 0 Å². The molecular weight excluding hydrogens is 300 g/mol. The summed E-state index contributed by atoms with van der Waals surface area (Å²) in [5, 5.41) is 10.6. The first-order valence-corrected chi connectivity index (χ1v) is 7.95. The van der Waals surface area contributed by atoms with Crippen LogP contribution >= 0.6 is 11.3 Å². The fourth-order valence-electron chi connectivity index (χ4n) is 1.70. The van der Waals surface area contributed by atoms with E-state index in [1.165, 1.54) is 5.38 Å². The number of nitrogens with one attached hydrogen (secondary N) is 1. The SMILES string of the molecule is Cc1csc(C(=O)O)c1S(=O)(=O)Nc1cccnc1C. The number of nitrogens with zero attached hydrogens (tertiary/aromatic N) is 1. The Bertz CT molecular complexity index is 766. The van der Waals surface area contributed by atoms with Crippen LogP contribution in [0.4, 0.5) is 5.69 Å². The topological polar surface area (TPSA) is 96.4 Å². The highest BCUT2D eigenvalue weighted by Crippen LogP contribution is 2.29. The van der Waals surface area contributed by atoms with Gasteiger partial charge in [0.2, 0.25) is 0 Å². The predicted molar refractivity (Wildman–Crippen MR) is 75.8 cm³/mol. The molecule has 8 heteroatoms. The molecule has 2 N–H and O–H groups in total. The third-order valence-corrected chi connectivity index (χ3v) is 5.40. The van der Waals surface area contributed by atoms with Crippen molar-refractivity contribution < 1.29 is 18.3 Å². The quantitative estimate of drug-likeness (QED) is 0.902. The van der Waals surface area contributed by atoms with E-state index in [0.29, 0.717) is 16.9 Å². The molecule has 0 spiro atoms. The van der Waals surface area contributed by atoms with E-state index in [1.807, 2.05) is 0 Å². The van der Waals surface area contributed by atoms with Crippen molar-refractivity contribution in [2.24, 2.45) is 0 Å². The van der Waals surface area contributed by atoms with Gasteiger partial charge in [-0.2, -0.15) is 0 Å². The Labute approximate surface area is 120 Å². The Kier molecular flexibility index (Phi) is 3.78. The number of carbonyl (C=O) groups is 1. The highest BCUT2D eigenvalue weighted by molar-refractivity contribution is 7.93. The second-order valence-electron chi connectivity index (χ2n) is 4.12. The lowest BCUT2D eigenvalue weighted by molar-refractivity contribution is 0.0698. The van der Waals surface area contributed by atoms with Crippen molar-refractivity contribution in [1.29, 1.82) is 0 Å². The van der Waals surface area contributed by atoms with Crippen molar-refractivity contribution in [2.75, 3.05) is 4.72 Å². The Balaban J connectivity index is 2.49. The standard InChI is InChI=1S/C12H12N2O4S2/c1-7-6-19-10(12(15)16)11(7)20(17,18)14-9-4-3-5-13-8(9)2/h3-6,14H,1-2H3,(H,15,16). The van der Waals surface area contributed by atoms with Crippen molar-refractivity contribution in [3.8, 4) is 0 Å². The Morgan fingerprint density at radius 1 is 1.40 bits per heavy atom. The molecule has 0 aliphatic carbocycles. The minimum absolute atomic E-state index is 0.196. The monoisotopic (exact) mass is 312 g/mol. The van der Waals surface area contributed by atoms with Crippen LogP contribution < -0.4 is 4.72 Å². The summed E-state index contributed by atoms with van der Waals surface area (Å²) in [5.41, 5.74) is 1.25. The number of thiophene rings is 1. The second kappa shape index (κ2) is 5.22. The Morgan fingerprint density at radius 3 is 2.70 bits per heavy atom. The molecule has 6 nitrogen and oxygen atoms in total. The molecular formula is C12H12N2O4S2. The predicted octanol–water partition coefficient (Wildman–Crippen LogP) is 2.26. The van der Waals surface area contributed by atoms with Gasteiger partial charge in [-0.25, -0.2) is 13.2 Å². The van der Waals surface area contributed by atoms with E-state index in [0.717, 1.165) is 11.3 Å². The normalized spacial score (nSPS) is 11.3. The zero-order chi connectivity index (χ0) is 14.9. The first kappa shape index (κ1) is 14.5. The summed E-state index contributed by atoms with van der Waals surface area (Å²) in [7, 11) is -3.96. The number of pyridine rings is 1. The minimum atomic E-state index is -3.96. The lowest BCUT2D eigenvalue weighted by Gasteiger charge is -2.10. The molecule has 0 saturated heterocycles. The largest absolute Gasteiger partial charge is 0.477 e. The average molecular weight is 312 g/mol. The molecule has 0 aliphatic rings. The van der Waals surface area contributed by atoms with Gasteiger partial charge in [0, 0.05) is 6.20 Å². The van der Waals surface area contributed by atoms with E-state index in [-0.39, 0.29) is 9.77 Å². The van der Waals surface area contributed by atoms with E-state index < -0.39 is 16.0 Å². The number of hydrogen-bond acceptors (Lipinski definition) is 5. The summed E-state index contributed by atoms with van der Waals surface area (Å²) in [6.07, 6.45) is 1.55. The van der Waals surface area contributed by atoms with E-state index in [9.17, 15) is 13.2 Å². The maximum Gasteiger partial charge on any atom is 0.347 e. The van der Waals surface area contributed by atoms with Crippen LogP contribution in [0.1, 0.15) is 20.9 Å². The molecule has 0 aromatic carbocycles. The molecule has 2 aromatic heterocycles. The van der Waals surface area contributed by atoms with Gasteiger partial charge in [-0.1, -0.05) is 0 Å². The van der Waals surface area contributed by atoms with Crippen molar-refractivity contribution in [1.82, 2.24) is 4.98 Å². The molecule has 2 aromatic rings. The van der Waals surface area contributed by atoms with E-state index in [4.69, 9.17) is 5.11 Å². The first-order chi connectivity index (χ1) is 9.33. The van der Waals surface area contributed by atoms with Crippen LogP contribution in [0.15, 0.2) is 28.6 Å². The molecule has 0 aliphatic heterocycles. The number of carboxylic acid groups (broad SMARTS) is 1. The molecule has 0 saturated carbocycles. The highest BCUT2D eigenvalue weighted by Gasteiger charge is 2.27. The van der Waals surface area contributed by atoms with Crippen LogP contribution in [0.5, 0.6) is 0 Å². The number of aryl methyl sites for hydroxylation is 2. The summed E-state index contributed by atoms with van der Waals surface area (Å²) >= 11 is 0.892. The van der Waals surface area contributed by atoms with Crippen molar-refractivity contribution in [3.63, 3.8) is 0 Å². The molecule has 0 bridgehead atoms. The average Bonchev–Trinajstić information content (AvgIpc) is 2.75. The summed E-state index contributed by atoms with van der Waals surface area (Å²) in [4.78, 5) is 14.7. The zero-order valence-corrected chi connectivity index (χ0v) is 12.4. The summed E-state index contributed by atoms with van der Waals surface area (Å²) < 4.78 is 27.1. The maximum atomic E-state index is 12.4. The first-order valence-electron chi connectivity index (χ1n) is 5.58. The number of sulfonamides is 1. The second-order valence-corrected chi connectivity index (χ2v) is 6.62. The maximum absolute atomic E-state index is 12.4. The molecule has 0 radical (unpaired) electrons. The van der Waals surface area contributed by atoms with Crippen molar-refractivity contribution in [2.45, 2.75) is 18.7 Å². The fourth-order valence-corrected chi connectivity index (χ4v) is 4.45. The van der Waals surface area contributed by atoms with Gasteiger partial charge >= 0.3 is 5.97 Å². The van der Waals surface area contributed by atoms with Crippen LogP contribution in [0.3, 0.4) is 0 Å². The smallest absolute Gasteiger partial charge is 0.347 e. The number of aromatic carboxylic acids is 1. The van der Waals surface area contributed by atoms with Crippen LogP contribution in [-0.4, -0.2) is 24.5 Å². The zero-order valence-electron chi connectivity index (χ0n) is 10.7. The van der Waals surface area contributed by atoms with Gasteiger partial charge in [-0.05, 0) is 36.9 Å². The lowest BCUT2D eigenvalue weighted by Crippen LogP contribution is -2.17. The third-order valence-electron chi connectivity index (χ3n) is 2.63. The number of hydrogen-bond donors (Lipinski definition) is 2. The van der Waals surface area contributed by atoms with Crippen LogP contribution in [-0.2, 0) is 10.0 Å². The van der Waals surface area contributed by atoms with Gasteiger partial charge in [-0.15, -0.1) is 11.3 Å². The molecule has 0 amide bonds. The summed E-state index contributed by atoms with van der Waals surface area (Å²) in [6.45, 7) is 3.23. The van der Waals surface area contributed by atoms with Crippen molar-refractivity contribution in [3.05, 3.63) is 39.8 Å². The van der Waals surface area contributed by atoms with Gasteiger partial charge in [0.15, 0.2) is 0 Å². The van der Waals surface area contributed by atoms with Crippen molar-refractivity contribution >= 4 is 33.0 Å². The van der Waals surface area contributed by atoms with Gasteiger partial charge in [-0.3, -0.25) is 9.71 Å². The molecule has 20 heavy (non-hydrogen) atoms. The Morgan fingerprint density at radius 2 is 2.10 bits per heavy atom. The number of anilines is 1. The Hall–Kier alpha value is -1.93. The molecule has 2 rings (SSSR count). The minimum Gasteiger partial charge on any atom is -0.477 e. The highest BCUT2D eigenvalue weighted by atomic mass is 32.2. The molecule has 0 unspecified atom stereocenters. The van der Waals surface area contributed by atoms with Gasteiger partial charge in [0.1, 0.15) is 9.77 Å². The summed E-state index contributed by atoms with van der Waals surface area (Å²) in [5.74, 6) is -1.26. The van der Waals surface area contributed by atoms with Gasteiger partial charge in [0.25, 0.3) is 10.0 Å². The van der Waals surface area contributed by atoms with E-state index in [2.05, 4.69) is 9.71 Å². The van der Waals surface area contributed by atoms with Gasteiger partial charge < -0.3 is 5.11 Å². The molecule has 0 fully saturated rings. The molecule has 2 heterocycles. The van der Waals surface area contributed by atoms with Crippen LogP contribution in [0.2, 0.25) is 0 Å². The summed E-state index contributed by atoms with van der Waals surface area (Å²) in [6, 6.07) is 3.17. The van der Waals surface area contributed by atoms with E-state index in [1.54, 1.807) is 32.2 Å².